The van der Waals surface area contributed by atoms with Crippen LogP contribution in [0.1, 0.15) is 17.3 Å². The van der Waals surface area contributed by atoms with Crippen molar-refractivity contribution in [2.75, 3.05) is 6.61 Å². The van der Waals surface area contributed by atoms with Crippen LogP contribution in [0.25, 0.3) is 11.1 Å². The van der Waals surface area contributed by atoms with E-state index in [4.69, 9.17) is 9.15 Å². The Morgan fingerprint density at radius 3 is 3.12 bits per heavy atom. The molecule has 0 amide bonds. The molecule has 0 aromatic carbocycles. The lowest BCUT2D eigenvalue weighted by Crippen LogP contribution is -2.10. The molecule has 0 fully saturated rings. The molecule has 2 aromatic rings. The molecule has 0 bridgehead atoms. The Labute approximate surface area is 90.7 Å². The average molecular weight is 219 g/mol. The van der Waals surface area contributed by atoms with Gasteiger partial charge in [0.2, 0.25) is 5.71 Å². The monoisotopic (exact) mass is 219 g/mol. The molecule has 0 aliphatic heterocycles. The van der Waals surface area contributed by atoms with E-state index in [-0.39, 0.29) is 17.9 Å². The van der Waals surface area contributed by atoms with Crippen LogP contribution in [0.15, 0.2) is 33.6 Å². The van der Waals surface area contributed by atoms with Crippen molar-refractivity contribution in [1.29, 1.82) is 0 Å². The Morgan fingerprint density at radius 1 is 1.56 bits per heavy atom. The fourth-order valence-electron chi connectivity index (χ4n) is 1.38. The van der Waals surface area contributed by atoms with Crippen LogP contribution in [0.3, 0.4) is 0 Å². The second-order valence-corrected chi connectivity index (χ2v) is 3.06. The zero-order valence-electron chi connectivity index (χ0n) is 8.60. The number of carbonyl (C=O) groups is 1. The second kappa shape index (κ2) is 4.14. The topological polar surface area (TPSA) is 69.4 Å². The molecular weight excluding hydrogens is 210 g/mol. The Balaban J connectivity index is 2.68. The van der Waals surface area contributed by atoms with E-state index in [9.17, 15) is 9.59 Å². The standard InChI is InChI=1S/C11H9NO4/c1-2-15-11(14)8-6-9(13)16-10-7(8)4-3-5-12-10/h3-6H,2H2,1H3. The predicted octanol–water partition coefficient (Wildman–Crippen LogP) is 1.36. The first-order valence-corrected chi connectivity index (χ1v) is 4.78. The van der Waals surface area contributed by atoms with E-state index in [0.29, 0.717) is 5.39 Å². The molecule has 0 aliphatic rings. The number of hydrogen-bond donors (Lipinski definition) is 0. The van der Waals surface area contributed by atoms with Gasteiger partial charge in [0.15, 0.2) is 0 Å². The van der Waals surface area contributed by atoms with Crippen molar-refractivity contribution in [3.8, 4) is 0 Å². The molecule has 0 saturated heterocycles. The highest BCUT2D eigenvalue weighted by Crippen LogP contribution is 2.14. The van der Waals surface area contributed by atoms with Crippen molar-refractivity contribution in [3.05, 3.63) is 40.4 Å². The number of rotatable bonds is 2. The van der Waals surface area contributed by atoms with Gasteiger partial charge in [0.05, 0.1) is 17.6 Å². The van der Waals surface area contributed by atoms with Crippen LogP contribution < -0.4 is 5.63 Å². The van der Waals surface area contributed by atoms with Gasteiger partial charge in [-0.2, -0.15) is 0 Å². The lowest BCUT2D eigenvalue weighted by atomic mass is 10.2. The summed E-state index contributed by atoms with van der Waals surface area (Å²) in [7, 11) is 0. The molecule has 2 heterocycles. The number of fused-ring (bicyclic) bond motifs is 1. The molecule has 5 heteroatoms. The fraction of sp³-hybridized carbons (Fsp3) is 0.182. The van der Waals surface area contributed by atoms with Gasteiger partial charge < -0.3 is 9.15 Å². The van der Waals surface area contributed by atoms with Gasteiger partial charge in [-0.3, -0.25) is 0 Å². The number of hydrogen-bond acceptors (Lipinski definition) is 5. The zero-order chi connectivity index (χ0) is 11.5. The normalized spacial score (nSPS) is 10.3. The molecule has 16 heavy (non-hydrogen) atoms. The Bertz CT molecular complexity index is 588. The Morgan fingerprint density at radius 2 is 2.38 bits per heavy atom. The van der Waals surface area contributed by atoms with Gasteiger partial charge in [-0.15, -0.1) is 0 Å². The molecule has 0 N–H and O–H groups in total. The van der Waals surface area contributed by atoms with Gasteiger partial charge in [-0.05, 0) is 19.1 Å². The van der Waals surface area contributed by atoms with Gasteiger partial charge in [0.1, 0.15) is 0 Å². The minimum atomic E-state index is -0.616. The molecule has 0 spiro atoms. The van der Waals surface area contributed by atoms with Gasteiger partial charge in [-0.25, -0.2) is 14.6 Å². The van der Waals surface area contributed by atoms with E-state index in [1.165, 1.54) is 6.20 Å². The maximum absolute atomic E-state index is 11.6. The zero-order valence-corrected chi connectivity index (χ0v) is 8.60. The predicted molar refractivity (Wildman–Crippen MR) is 56.2 cm³/mol. The van der Waals surface area contributed by atoms with Crippen molar-refractivity contribution >= 4 is 17.1 Å². The van der Waals surface area contributed by atoms with E-state index in [1.54, 1.807) is 19.1 Å². The number of ether oxygens (including phenoxy) is 1. The van der Waals surface area contributed by atoms with Crippen molar-refractivity contribution in [2.24, 2.45) is 0 Å². The molecular formula is C11H9NO4. The summed E-state index contributed by atoms with van der Waals surface area (Å²) in [6.45, 7) is 1.95. The van der Waals surface area contributed by atoms with E-state index >= 15 is 0 Å². The second-order valence-electron chi connectivity index (χ2n) is 3.06. The highest BCUT2D eigenvalue weighted by Gasteiger charge is 2.14. The van der Waals surface area contributed by atoms with E-state index in [0.717, 1.165) is 6.07 Å². The molecule has 2 rings (SSSR count). The van der Waals surface area contributed by atoms with Crippen LogP contribution in [-0.2, 0) is 4.74 Å². The third kappa shape index (κ3) is 1.79. The molecule has 0 aliphatic carbocycles. The minimum Gasteiger partial charge on any atom is -0.462 e. The maximum atomic E-state index is 11.6. The van der Waals surface area contributed by atoms with Crippen molar-refractivity contribution in [3.63, 3.8) is 0 Å². The summed E-state index contributed by atoms with van der Waals surface area (Å²) in [5.74, 6) is -0.548. The third-order valence-electron chi connectivity index (χ3n) is 2.02. The minimum absolute atomic E-state index is 0.137. The molecule has 5 nitrogen and oxygen atoms in total. The number of aromatic nitrogens is 1. The first kappa shape index (κ1) is 10.4. The lowest BCUT2D eigenvalue weighted by molar-refractivity contribution is 0.0528. The van der Waals surface area contributed by atoms with Crippen LogP contribution >= 0.6 is 0 Å². The summed E-state index contributed by atoms with van der Waals surface area (Å²) >= 11 is 0. The Kier molecular flexibility index (Phi) is 2.68. The van der Waals surface area contributed by atoms with E-state index in [2.05, 4.69) is 4.98 Å². The lowest BCUT2D eigenvalue weighted by Gasteiger charge is -2.03. The van der Waals surface area contributed by atoms with Gasteiger partial charge in [0.25, 0.3) is 0 Å². The summed E-state index contributed by atoms with van der Waals surface area (Å²) in [5, 5.41) is 0.473. The summed E-state index contributed by atoms with van der Waals surface area (Å²) < 4.78 is 9.70. The summed E-state index contributed by atoms with van der Waals surface area (Å²) in [6, 6.07) is 4.42. The molecule has 2 aromatic heterocycles. The average Bonchev–Trinajstić information content (AvgIpc) is 2.28. The van der Waals surface area contributed by atoms with Crippen LogP contribution in [0.4, 0.5) is 0 Å². The van der Waals surface area contributed by atoms with Crippen LogP contribution in [-0.4, -0.2) is 17.6 Å². The van der Waals surface area contributed by atoms with Crippen LogP contribution in [0, 0.1) is 0 Å². The van der Waals surface area contributed by atoms with E-state index in [1.807, 2.05) is 0 Å². The Hall–Kier alpha value is -2.17. The molecule has 0 atom stereocenters. The first-order chi connectivity index (χ1) is 7.72. The van der Waals surface area contributed by atoms with E-state index < -0.39 is 11.6 Å². The number of esters is 1. The van der Waals surface area contributed by atoms with Gasteiger partial charge in [-0.1, -0.05) is 0 Å². The molecule has 0 saturated carbocycles. The summed E-state index contributed by atoms with van der Waals surface area (Å²) in [6.07, 6.45) is 1.49. The maximum Gasteiger partial charge on any atom is 0.339 e. The third-order valence-corrected chi connectivity index (χ3v) is 2.02. The van der Waals surface area contributed by atoms with Crippen molar-refractivity contribution in [2.45, 2.75) is 6.92 Å². The largest absolute Gasteiger partial charge is 0.462 e. The number of nitrogens with zero attached hydrogens (tertiary/aromatic N) is 1. The molecule has 0 unspecified atom stereocenters. The first-order valence-electron chi connectivity index (χ1n) is 4.78. The van der Waals surface area contributed by atoms with Crippen LogP contribution in [0.2, 0.25) is 0 Å². The molecule has 82 valence electrons. The SMILES string of the molecule is CCOC(=O)c1cc(=O)oc2ncccc12. The van der Waals surface area contributed by atoms with Crippen LogP contribution in [0.5, 0.6) is 0 Å². The van der Waals surface area contributed by atoms with Crippen molar-refractivity contribution in [1.82, 2.24) is 4.98 Å². The summed E-state index contributed by atoms with van der Waals surface area (Å²) in [4.78, 5) is 26.6. The van der Waals surface area contributed by atoms with Gasteiger partial charge >= 0.3 is 11.6 Å². The highest BCUT2D eigenvalue weighted by atomic mass is 16.5. The van der Waals surface area contributed by atoms with Crippen molar-refractivity contribution < 1.29 is 13.9 Å². The fourth-order valence-corrected chi connectivity index (χ4v) is 1.38. The summed E-state index contributed by atoms with van der Waals surface area (Å²) in [5.41, 5.74) is -0.298. The number of carbonyl (C=O) groups excluding carboxylic acids is 1. The quantitative estimate of drug-likeness (QED) is 0.713. The smallest absolute Gasteiger partial charge is 0.339 e. The highest BCUT2D eigenvalue weighted by molar-refractivity contribution is 6.01. The van der Waals surface area contributed by atoms with Gasteiger partial charge in [0, 0.05) is 12.3 Å². The molecule has 0 radical (unpaired) electrons. The number of pyridine rings is 1.